The summed E-state index contributed by atoms with van der Waals surface area (Å²) >= 11 is 0. The number of hydrogen-bond donors (Lipinski definition) is 0. The van der Waals surface area contributed by atoms with Crippen molar-refractivity contribution in [2.45, 2.75) is 19.8 Å². The predicted octanol–water partition coefficient (Wildman–Crippen LogP) is 2.82. The Balaban J connectivity index is 2.40. The van der Waals surface area contributed by atoms with E-state index in [0.29, 0.717) is 5.56 Å². The van der Waals surface area contributed by atoms with Gasteiger partial charge >= 0.3 is 5.97 Å². The first-order valence-corrected chi connectivity index (χ1v) is 5.09. The summed E-state index contributed by atoms with van der Waals surface area (Å²) < 4.78 is 4.69. The molecule has 2 rings (SSSR count). The minimum atomic E-state index is -0.260. The standard InChI is InChI=1S/C13H14O2/c1-9-3-4-11-8-12(13(14)15-2)6-5-10(11)7-9/h5-8H,3-4H2,1-2H3. The van der Waals surface area contributed by atoms with Crippen LogP contribution in [0.2, 0.25) is 0 Å². The van der Waals surface area contributed by atoms with E-state index in [4.69, 9.17) is 4.74 Å². The van der Waals surface area contributed by atoms with Gasteiger partial charge in [0, 0.05) is 0 Å². The quantitative estimate of drug-likeness (QED) is 0.654. The highest BCUT2D eigenvalue weighted by molar-refractivity contribution is 5.90. The second-order valence-electron chi connectivity index (χ2n) is 3.90. The Hall–Kier alpha value is -1.57. The van der Waals surface area contributed by atoms with Gasteiger partial charge < -0.3 is 4.74 Å². The third-order valence-corrected chi connectivity index (χ3v) is 2.75. The Morgan fingerprint density at radius 1 is 1.33 bits per heavy atom. The fourth-order valence-electron chi connectivity index (χ4n) is 1.88. The van der Waals surface area contributed by atoms with Crippen molar-refractivity contribution in [3.8, 4) is 0 Å². The van der Waals surface area contributed by atoms with E-state index in [-0.39, 0.29) is 5.97 Å². The van der Waals surface area contributed by atoms with E-state index >= 15 is 0 Å². The minimum Gasteiger partial charge on any atom is -0.465 e. The lowest BCUT2D eigenvalue weighted by atomic mass is 9.91. The molecule has 0 unspecified atom stereocenters. The van der Waals surface area contributed by atoms with E-state index in [1.54, 1.807) is 0 Å². The Morgan fingerprint density at radius 3 is 2.87 bits per heavy atom. The van der Waals surface area contributed by atoms with Gasteiger partial charge in [0.15, 0.2) is 0 Å². The van der Waals surface area contributed by atoms with Crippen molar-refractivity contribution in [3.63, 3.8) is 0 Å². The molecule has 2 nitrogen and oxygen atoms in total. The first-order chi connectivity index (χ1) is 7.20. The van der Waals surface area contributed by atoms with Crippen LogP contribution in [0.1, 0.15) is 34.8 Å². The number of fused-ring (bicyclic) bond motifs is 1. The molecule has 2 heteroatoms. The molecule has 0 N–H and O–H groups in total. The first kappa shape index (κ1) is 9.97. The summed E-state index contributed by atoms with van der Waals surface area (Å²) in [6, 6.07) is 5.74. The number of methoxy groups -OCH3 is 1. The number of carbonyl (C=O) groups is 1. The van der Waals surface area contributed by atoms with Crippen LogP contribution in [0.4, 0.5) is 0 Å². The van der Waals surface area contributed by atoms with Crippen molar-refractivity contribution in [1.82, 2.24) is 0 Å². The van der Waals surface area contributed by atoms with Gasteiger partial charge in [-0.05, 0) is 43.0 Å². The molecule has 0 atom stereocenters. The fraction of sp³-hybridized carbons (Fsp3) is 0.308. The molecule has 15 heavy (non-hydrogen) atoms. The van der Waals surface area contributed by atoms with Crippen LogP contribution >= 0.6 is 0 Å². The number of carbonyl (C=O) groups excluding carboxylic acids is 1. The smallest absolute Gasteiger partial charge is 0.337 e. The lowest BCUT2D eigenvalue weighted by molar-refractivity contribution is 0.0600. The van der Waals surface area contributed by atoms with Crippen LogP contribution in [0.3, 0.4) is 0 Å². The van der Waals surface area contributed by atoms with Gasteiger partial charge in [-0.25, -0.2) is 4.79 Å². The van der Waals surface area contributed by atoms with Crippen LogP contribution in [-0.4, -0.2) is 13.1 Å². The maximum atomic E-state index is 11.3. The minimum absolute atomic E-state index is 0.260. The Bertz CT molecular complexity index is 430. The highest BCUT2D eigenvalue weighted by Crippen LogP contribution is 2.24. The molecule has 1 aliphatic rings. The lowest BCUT2D eigenvalue weighted by Crippen LogP contribution is -2.04. The maximum absolute atomic E-state index is 11.3. The molecule has 0 aromatic heterocycles. The summed E-state index contributed by atoms with van der Waals surface area (Å²) in [6.07, 6.45) is 4.28. The predicted molar refractivity (Wildman–Crippen MR) is 59.8 cm³/mol. The molecule has 0 fully saturated rings. The number of rotatable bonds is 1. The average molecular weight is 202 g/mol. The SMILES string of the molecule is COC(=O)c1ccc2c(c1)CCC(C)=C2. The molecular formula is C13H14O2. The summed E-state index contributed by atoms with van der Waals surface area (Å²) in [5.41, 5.74) is 4.51. The van der Waals surface area contributed by atoms with E-state index in [1.807, 2.05) is 18.2 Å². The molecule has 0 bridgehead atoms. The number of esters is 1. The van der Waals surface area contributed by atoms with Gasteiger partial charge in [-0.2, -0.15) is 0 Å². The van der Waals surface area contributed by atoms with Gasteiger partial charge in [0.05, 0.1) is 12.7 Å². The van der Waals surface area contributed by atoms with Crippen molar-refractivity contribution in [3.05, 3.63) is 40.5 Å². The lowest BCUT2D eigenvalue weighted by Gasteiger charge is -2.14. The van der Waals surface area contributed by atoms with Crippen molar-refractivity contribution >= 4 is 12.0 Å². The zero-order valence-corrected chi connectivity index (χ0v) is 9.04. The third-order valence-electron chi connectivity index (χ3n) is 2.75. The van der Waals surface area contributed by atoms with Gasteiger partial charge in [0.2, 0.25) is 0 Å². The van der Waals surface area contributed by atoms with Gasteiger partial charge in [-0.15, -0.1) is 0 Å². The summed E-state index contributed by atoms with van der Waals surface area (Å²) in [5.74, 6) is -0.260. The zero-order chi connectivity index (χ0) is 10.8. The molecule has 0 aliphatic heterocycles. The molecule has 1 aromatic rings. The van der Waals surface area contributed by atoms with E-state index < -0.39 is 0 Å². The van der Waals surface area contributed by atoms with Gasteiger partial charge in [0.1, 0.15) is 0 Å². The first-order valence-electron chi connectivity index (χ1n) is 5.09. The molecule has 0 amide bonds. The Morgan fingerprint density at radius 2 is 2.13 bits per heavy atom. The van der Waals surface area contributed by atoms with Crippen LogP contribution in [0.25, 0.3) is 6.08 Å². The highest BCUT2D eigenvalue weighted by Gasteiger charge is 2.11. The molecule has 0 heterocycles. The van der Waals surface area contributed by atoms with Crippen LogP contribution in [0, 0.1) is 0 Å². The fourth-order valence-corrected chi connectivity index (χ4v) is 1.88. The van der Waals surface area contributed by atoms with Crippen LogP contribution in [0.5, 0.6) is 0 Å². The second kappa shape index (κ2) is 3.89. The number of hydrogen-bond acceptors (Lipinski definition) is 2. The maximum Gasteiger partial charge on any atom is 0.337 e. The summed E-state index contributed by atoms with van der Waals surface area (Å²) in [7, 11) is 1.41. The average Bonchev–Trinajstić information content (AvgIpc) is 2.27. The monoisotopic (exact) mass is 202 g/mol. The van der Waals surface area contributed by atoms with Gasteiger partial charge in [0.25, 0.3) is 0 Å². The topological polar surface area (TPSA) is 26.3 Å². The highest BCUT2D eigenvalue weighted by atomic mass is 16.5. The Kier molecular flexibility index (Phi) is 2.58. The third kappa shape index (κ3) is 1.94. The zero-order valence-electron chi connectivity index (χ0n) is 9.04. The summed E-state index contributed by atoms with van der Waals surface area (Å²) in [4.78, 5) is 11.3. The molecular weight excluding hydrogens is 188 g/mol. The van der Waals surface area contributed by atoms with E-state index in [9.17, 15) is 4.79 Å². The second-order valence-corrected chi connectivity index (χ2v) is 3.90. The number of benzene rings is 1. The largest absolute Gasteiger partial charge is 0.465 e. The molecule has 78 valence electrons. The van der Waals surface area contributed by atoms with Crippen molar-refractivity contribution < 1.29 is 9.53 Å². The van der Waals surface area contributed by atoms with Gasteiger partial charge in [-0.3, -0.25) is 0 Å². The molecule has 0 saturated carbocycles. The molecule has 1 aromatic carbocycles. The van der Waals surface area contributed by atoms with E-state index in [2.05, 4.69) is 13.0 Å². The van der Waals surface area contributed by atoms with Crippen LogP contribution in [0.15, 0.2) is 23.8 Å². The Labute approximate surface area is 89.6 Å². The van der Waals surface area contributed by atoms with E-state index in [1.165, 1.54) is 23.8 Å². The van der Waals surface area contributed by atoms with Crippen LogP contribution in [-0.2, 0) is 11.2 Å². The molecule has 0 radical (unpaired) electrons. The van der Waals surface area contributed by atoms with Crippen molar-refractivity contribution in [1.29, 1.82) is 0 Å². The molecule has 0 saturated heterocycles. The molecule has 1 aliphatic carbocycles. The summed E-state index contributed by atoms with van der Waals surface area (Å²) in [6.45, 7) is 2.14. The van der Waals surface area contributed by atoms with E-state index in [0.717, 1.165) is 12.8 Å². The number of aryl methyl sites for hydroxylation is 1. The summed E-state index contributed by atoms with van der Waals surface area (Å²) in [5, 5.41) is 0. The number of ether oxygens (including phenoxy) is 1. The van der Waals surface area contributed by atoms with Crippen LogP contribution < -0.4 is 0 Å². The van der Waals surface area contributed by atoms with Crippen molar-refractivity contribution in [2.24, 2.45) is 0 Å². The molecule has 0 spiro atoms. The normalized spacial score (nSPS) is 14.1. The number of allylic oxidation sites excluding steroid dienone is 1. The van der Waals surface area contributed by atoms with Crippen molar-refractivity contribution in [2.75, 3.05) is 7.11 Å². The van der Waals surface area contributed by atoms with Gasteiger partial charge in [-0.1, -0.05) is 17.7 Å².